The molecule has 1 aromatic rings. The summed E-state index contributed by atoms with van der Waals surface area (Å²) >= 11 is 0. The number of likely N-dealkylation sites (tertiary alicyclic amines) is 1. The summed E-state index contributed by atoms with van der Waals surface area (Å²) in [5.74, 6) is 0.734. The molecule has 4 heteroatoms. The molecule has 0 atom stereocenters. The van der Waals surface area contributed by atoms with Crippen LogP contribution in [-0.2, 0) is 10.4 Å². The van der Waals surface area contributed by atoms with E-state index in [1.165, 1.54) is 5.56 Å². The van der Waals surface area contributed by atoms with Gasteiger partial charge in [0, 0.05) is 24.4 Å². The third kappa shape index (κ3) is 3.07. The van der Waals surface area contributed by atoms with Crippen molar-refractivity contribution in [3.8, 4) is 0 Å². The molecule has 2 aliphatic carbocycles. The minimum Gasteiger partial charge on any atom is -0.393 e. The standard InChI is InChI=1S/C22H31NO3/c1-15(2)16-4-3-5-18(10-16)22(26)8-6-21(7-9-22)13-23(14-21)20(25)17-11-19(24)12-17/h3-5,10,15,17,19,24,26H,6-9,11-14H2,1-2H3/t17-,19+. The number of aliphatic hydroxyl groups excluding tert-OH is 1. The summed E-state index contributed by atoms with van der Waals surface area (Å²) in [4.78, 5) is 14.4. The first kappa shape index (κ1) is 18.0. The van der Waals surface area contributed by atoms with Gasteiger partial charge in [0.05, 0.1) is 11.7 Å². The quantitative estimate of drug-likeness (QED) is 0.873. The van der Waals surface area contributed by atoms with Crippen LogP contribution in [0.5, 0.6) is 0 Å². The van der Waals surface area contributed by atoms with E-state index in [9.17, 15) is 15.0 Å². The number of nitrogens with zero attached hydrogens (tertiary/aromatic N) is 1. The van der Waals surface area contributed by atoms with E-state index in [0.717, 1.165) is 44.3 Å². The first-order chi connectivity index (χ1) is 12.3. The molecule has 3 fully saturated rings. The molecular weight excluding hydrogens is 326 g/mol. The van der Waals surface area contributed by atoms with Crippen LogP contribution in [0.3, 0.4) is 0 Å². The Morgan fingerprint density at radius 1 is 1.15 bits per heavy atom. The number of hydrogen-bond acceptors (Lipinski definition) is 3. The molecule has 1 saturated heterocycles. The maximum Gasteiger partial charge on any atom is 0.225 e. The van der Waals surface area contributed by atoms with Crippen LogP contribution in [-0.4, -0.2) is 40.2 Å². The van der Waals surface area contributed by atoms with Crippen LogP contribution in [0.2, 0.25) is 0 Å². The third-order valence-electron chi connectivity index (χ3n) is 7.06. The fourth-order valence-corrected chi connectivity index (χ4v) is 4.95. The predicted octanol–water partition coefficient (Wildman–Crippen LogP) is 3.17. The highest BCUT2D eigenvalue weighted by Gasteiger charge is 2.51. The zero-order valence-electron chi connectivity index (χ0n) is 15.9. The average Bonchev–Trinajstić information content (AvgIpc) is 2.57. The van der Waals surface area contributed by atoms with Crippen molar-refractivity contribution in [1.82, 2.24) is 4.90 Å². The van der Waals surface area contributed by atoms with Crippen molar-refractivity contribution in [2.24, 2.45) is 11.3 Å². The molecule has 142 valence electrons. The van der Waals surface area contributed by atoms with Crippen LogP contribution in [0.25, 0.3) is 0 Å². The number of hydrogen-bond donors (Lipinski definition) is 2. The van der Waals surface area contributed by atoms with Crippen LogP contribution >= 0.6 is 0 Å². The van der Waals surface area contributed by atoms with E-state index in [4.69, 9.17) is 0 Å². The molecule has 1 aliphatic heterocycles. The van der Waals surface area contributed by atoms with Gasteiger partial charge in [-0.25, -0.2) is 0 Å². The van der Waals surface area contributed by atoms with Crippen molar-refractivity contribution in [1.29, 1.82) is 0 Å². The fraction of sp³-hybridized carbons (Fsp3) is 0.682. The van der Waals surface area contributed by atoms with Gasteiger partial charge >= 0.3 is 0 Å². The summed E-state index contributed by atoms with van der Waals surface area (Å²) in [6.45, 7) is 6.03. The molecule has 1 aromatic carbocycles. The number of amides is 1. The van der Waals surface area contributed by atoms with Crippen molar-refractivity contribution in [2.45, 2.75) is 70.0 Å². The lowest BCUT2D eigenvalue weighted by molar-refractivity contribution is -0.161. The van der Waals surface area contributed by atoms with Crippen LogP contribution in [0, 0.1) is 11.3 Å². The van der Waals surface area contributed by atoms with Gasteiger partial charge in [0.1, 0.15) is 0 Å². The van der Waals surface area contributed by atoms with Gasteiger partial charge in [0.2, 0.25) is 5.91 Å². The molecule has 3 aliphatic rings. The van der Waals surface area contributed by atoms with Crippen molar-refractivity contribution in [3.05, 3.63) is 35.4 Å². The van der Waals surface area contributed by atoms with E-state index in [-0.39, 0.29) is 23.3 Å². The lowest BCUT2D eigenvalue weighted by atomic mass is 9.62. The molecular formula is C22H31NO3. The SMILES string of the molecule is CC(C)c1cccc(C2(O)CCC3(CC2)CN(C(=O)[C@H]2C[C@@H](O)C2)C3)c1. The Bertz CT molecular complexity index is 676. The van der Waals surface area contributed by atoms with Crippen molar-refractivity contribution >= 4 is 5.91 Å². The van der Waals surface area contributed by atoms with Crippen LogP contribution in [0.1, 0.15) is 69.4 Å². The van der Waals surface area contributed by atoms with Crippen LogP contribution < -0.4 is 0 Å². The van der Waals surface area contributed by atoms with Gasteiger partial charge in [-0.3, -0.25) is 4.79 Å². The summed E-state index contributed by atoms with van der Waals surface area (Å²) in [5.41, 5.74) is 1.81. The summed E-state index contributed by atoms with van der Waals surface area (Å²) < 4.78 is 0. The van der Waals surface area contributed by atoms with Crippen molar-refractivity contribution in [3.63, 3.8) is 0 Å². The molecule has 4 rings (SSSR count). The largest absolute Gasteiger partial charge is 0.393 e. The molecule has 0 unspecified atom stereocenters. The predicted molar refractivity (Wildman–Crippen MR) is 101 cm³/mol. The van der Waals surface area contributed by atoms with Crippen LogP contribution in [0.4, 0.5) is 0 Å². The Morgan fingerprint density at radius 3 is 2.38 bits per heavy atom. The highest BCUT2D eigenvalue weighted by molar-refractivity contribution is 5.80. The Hall–Kier alpha value is -1.39. The molecule has 0 radical (unpaired) electrons. The van der Waals surface area contributed by atoms with E-state index < -0.39 is 5.60 Å². The average molecular weight is 357 g/mol. The number of carbonyl (C=O) groups is 1. The highest BCUT2D eigenvalue weighted by atomic mass is 16.3. The van der Waals surface area contributed by atoms with Crippen molar-refractivity contribution < 1.29 is 15.0 Å². The van der Waals surface area contributed by atoms with Gasteiger partial charge in [-0.1, -0.05) is 38.1 Å². The fourth-order valence-electron chi connectivity index (χ4n) is 4.95. The molecule has 26 heavy (non-hydrogen) atoms. The minimum atomic E-state index is -0.724. The Kier molecular flexibility index (Phi) is 4.39. The van der Waals surface area contributed by atoms with E-state index in [2.05, 4.69) is 38.1 Å². The third-order valence-corrected chi connectivity index (χ3v) is 7.06. The van der Waals surface area contributed by atoms with Crippen molar-refractivity contribution in [2.75, 3.05) is 13.1 Å². The molecule has 2 N–H and O–H groups in total. The van der Waals surface area contributed by atoms with Crippen LogP contribution in [0.15, 0.2) is 24.3 Å². The number of aliphatic hydroxyl groups is 2. The first-order valence-corrected chi connectivity index (χ1v) is 10.1. The number of rotatable bonds is 3. The van der Waals surface area contributed by atoms with Gasteiger partial charge in [-0.05, 0) is 55.6 Å². The van der Waals surface area contributed by atoms with Gasteiger partial charge in [-0.2, -0.15) is 0 Å². The molecule has 4 nitrogen and oxygen atoms in total. The van der Waals surface area contributed by atoms with E-state index in [1.807, 2.05) is 4.90 Å². The minimum absolute atomic E-state index is 0.0432. The number of carbonyl (C=O) groups excluding carboxylic acids is 1. The monoisotopic (exact) mass is 357 g/mol. The second kappa shape index (κ2) is 6.35. The number of benzene rings is 1. The lowest BCUT2D eigenvalue weighted by Crippen LogP contribution is -2.62. The summed E-state index contributed by atoms with van der Waals surface area (Å²) in [5, 5.41) is 20.6. The lowest BCUT2D eigenvalue weighted by Gasteiger charge is -2.56. The van der Waals surface area contributed by atoms with Gasteiger partial charge in [-0.15, -0.1) is 0 Å². The van der Waals surface area contributed by atoms with Gasteiger partial charge in [0.15, 0.2) is 0 Å². The zero-order chi connectivity index (χ0) is 18.5. The Morgan fingerprint density at radius 2 is 1.81 bits per heavy atom. The summed E-state index contributed by atoms with van der Waals surface area (Å²) in [6, 6.07) is 8.42. The second-order valence-electron chi connectivity index (χ2n) is 9.33. The van der Waals surface area contributed by atoms with E-state index in [0.29, 0.717) is 18.8 Å². The maximum atomic E-state index is 12.4. The molecule has 1 amide bonds. The second-order valence-corrected chi connectivity index (χ2v) is 9.33. The summed E-state index contributed by atoms with van der Waals surface area (Å²) in [7, 11) is 0. The normalized spacial score (nSPS) is 29.3. The molecule has 1 spiro atoms. The van der Waals surface area contributed by atoms with E-state index in [1.54, 1.807) is 0 Å². The Labute approximate surface area is 156 Å². The zero-order valence-corrected chi connectivity index (χ0v) is 15.9. The van der Waals surface area contributed by atoms with Gasteiger partial charge < -0.3 is 15.1 Å². The molecule has 2 saturated carbocycles. The summed E-state index contributed by atoms with van der Waals surface area (Å²) in [6.07, 6.45) is 4.50. The molecule has 0 bridgehead atoms. The first-order valence-electron chi connectivity index (χ1n) is 10.1. The Balaban J connectivity index is 1.36. The van der Waals surface area contributed by atoms with E-state index >= 15 is 0 Å². The maximum absolute atomic E-state index is 12.4. The molecule has 0 aromatic heterocycles. The van der Waals surface area contributed by atoms with Gasteiger partial charge in [0.25, 0.3) is 0 Å². The smallest absolute Gasteiger partial charge is 0.225 e. The topological polar surface area (TPSA) is 60.8 Å². The molecule has 1 heterocycles. The highest BCUT2D eigenvalue weighted by Crippen LogP contribution is 2.51.